The third kappa shape index (κ3) is 9.43. The Balaban J connectivity index is 0. The zero-order valence-corrected chi connectivity index (χ0v) is 11.8. The average Bonchev–Trinajstić information content (AvgIpc) is 2.02. The third-order valence-corrected chi connectivity index (χ3v) is 2.82. The summed E-state index contributed by atoms with van der Waals surface area (Å²) in [7, 11) is -4.24. The van der Waals surface area contributed by atoms with Gasteiger partial charge in [-0.25, -0.2) is 0 Å². The molecule has 0 fully saturated rings. The monoisotopic (exact) mass is 233 g/mol. The predicted octanol–water partition coefficient (Wildman–Crippen LogP) is 1.17. The van der Waals surface area contributed by atoms with Crippen molar-refractivity contribution in [2.24, 2.45) is 0 Å². The van der Waals surface area contributed by atoms with Crippen LogP contribution in [0.5, 0.6) is 0 Å². The molecule has 0 aliphatic carbocycles. The summed E-state index contributed by atoms with van der Waals surface area (Å²) < 4.78 is 29.1. The molecule has 0 aromatic rings. The van der Waals surface area contributed by atoms with Crippen molar-refractivity contribution in [1.29, 1.82) is 0 Å². The summed E-state index contributed by atoms with van der Waals surface area (Å²) in [5.74, 6) is 0. The Morgan fingerprint density at radius 1 is 1.14 bits per heavy atom. The van der Waals surface area contributed by atoms with Gasteiger partial charge in [-0.3, -0.25) is 4.55 Å². The van der Waals surface area contributed by atoms with E-state index in [0.29, 0.717) is 6.42 Å². The number of unbranched alkanes of at least 4 members (excludes halogenated alkanes) is 4. The van der Waals surface area contributed by atoms with Crippen LogP contribution in [-0.4, -0.2) is 53.1 Å². The Morgan fingerprint density at radius 2 is 1.64 bits per heavy atom. The molecule has 0 heterocycles. The molecule has 4 nitrogen and oxygen atoms in total. The van der Waals surface area contributed by atoms with Gasteiger partial charge in [-0.2, -0.15) is 8.42 Å². The second kappa shape index (κ2) is 9.12. The van der Waals surface area contributed by atoms with Crippen LogP contribution in [0.3, 0.4) is 0 Å². The first kappa shape index (κ1) is 17.3. The summed E-state index contributed by atoms with van der Waals surface area (Å²) in [6.45, 7) is 2.09. The summed E-state index contributed by atoms with van der Waals surface area (Å²) in [5, 5.41) is 8.90. The summed E-state index contributed by atoms with van der Waals surface area (Å²) in [6, 6.07) is 0. The minimum Gasteiger partial charge on any atom is -0.375 e. The largest absolute Gasteiger partial charge is 0.375 e. The first-order valence-electron chi connectivity index (χ1n) is 4.63. The van der Waals surface area contributed by atoms with E-state index in [1.54, 1.807) is 0 Å². The number of hydrogen-bond acceptors (Lipinski definition) is 3. The maximum Gasteiger partial charge on any atom is 0.291 e. The van der Waals surface area contributed by atoms with Gasteiger partial charge >= 0.3 is 0 Å². The van der Waals surface area contributed by atoms with Crippen molar-refractivity contribution >= 4 is 39.7 Å². The van der Waals surface area contributed by atoms with Gasteiger partial charge in [0.05, 0.1) is 0 Å². The first-order valence-corrected chi connectivity index (χ1v) is 6.13. The van der Waals surface area contributed by atoms with Crippen molar-refractivity contribution in [2.75, 3.05) is 0 Å². The minimum atomic E-state index is -4.24. The second-order valence-corrected chi connectivity index (χ2v) is 4.75. The molecule has 1 unspecified atom stereocenters. The van der Waals surface area contributed by atoms with Gasteiger partial charge in [-0.05, 0) is 12.8 Å². The van der Waals surface area contributed by atoms with Gasteiger partial charge in [0.25, 0.3) is 10.1 Å². The van der Waals surface area contributed by atoms with Crippen molar-refractivity contribution in [3.05, 3.63) is 0 Å². The Bertz CT molecular complexity index is 215. The number of aliphatic hydroxyl groups excluding tert-OH is 1. The van der Waals surface area contributed by atoms with Crippen LogP contribution in [0.2, 0.25) is 0 Å². The van der Waals surface area contributed by atoms with Crippen LogP contribution in [0.1, 0.15) is 45.4 Å². The van der Waals surface area contributed by atoms with Crippen LogP contribution in [-0.2, 0) is 10.1 Å². The number of hydrogen-bond donors (Lipinski definition) is 2. The maximum absolute atomic E-state index is 10.4. The normalized spacial score (nSPS) is 13.4. The molecule has 0 amide bonds. The van der Waals surface area contributed by atoms with Crippen LogP contribution < -0.4 is 0 Å². The summed E-state index contributed by atoms with van der Waals surface area (Å²) in [5.41, 5.74) is -1.60. The van der Waals surface area contributed by atoms with E-state index in [1.165, 1.54) is 0 Å². The smallest absolute Gasteiger partial charge is 0.291 e. The van der Waals surface area contributed by atoms with Gasteiger partial charge in [0.1, 0.15) is 0 Å². The van der Waals surface area contributed by atoms with E-state index in [1.807, 2.05) is 0 Å². The van der Waals surface area contributed by atoms with Crippen molar-refractivity contribution in [3.63, 3.8) is 0 Å². The van der Waals surface area contributed by atoms with E-state index in [2.05, 4.69) is 6.92 Å². The van der Waals surface area contributed by atoms with Gasteiger partial charge in [0, 0.05) is 29.6 Å². The Labute approximate surface area is 108 Å². The van der Waals surface area contributed by atoms with Gasteiger partial charge in [-0.1, -0.05) is 32.6 Å². The van der Waals surface area contributed by atoms with Crippen LogP contribution in [0, 0.1) is 0 Å². The van der Waals surface area contributed by atoms with Gasteiger partial charge in [0.15, 0.2) is 5.44 Å². The predicted molar refractivity (Wildman–Crippen MR) is 56.7 cm³/mol. The van der Waals surface area contributed by atoms with E-state index in [-0.39, 0.29) is 36.0 Å². The molecule has 1 radical (unpaired) electrons. The van der Waals surface area contributed by atoms with Crippen LogP contribution in [0.4, 0.5) is 0 Å². The van der Waals surface area contributed by atoms with Crippen molar-refractivity contribution in [2.45, 2.75) is 50.9 Å². The summed E-state index contributed by atoms with van der Waals surface area (Å²) in [6.07, 6.45) is 4.97. The fourth-order valence-corrected chi connectivity index (χ4v) is 1.54. The summed E-state index contributed by atoms with van der Waals surface area (Å²) >= 11 is 0. The fraction of sp³-hybridized carbons (Fsp3) is 1.00. The van der Waals surface area contributed by atoms with E-state index in [9.17, 15) is 8.42 Å². The minimum absolute atomic E-state index is 0. The third-order valence-electron chi connectivity index (χ3n) is 1.90. The zero-order chi connectivity index (χ0) is 10.3. The van der Waals surface area contributed by atoms with Crippen molar-refractivity contribution < 1.29 is 18.1 Å². The van der Waals surface area contributed by atoms with Gasteiger partial charge < -0.3 is 5.11 Å². The number of aliphatic hydroxyl groups is 1. The van der Waals surface area contributed by atoms with Gasteiger partial charge in [-0.15, -0.1) is 0 Å². The second-order valence-electron chi connectivity index (χ2n) is 3.17. The van der Waals surface area contributed by atoms with Crippen molar-refractivity contribution in [3.8, 4) is 0 Å². The molecule has 0 saturated heterocycles. The maximum atomic E-state index is 10.4. The van der Waals surface area contributed by atoms with E-state index in [0.717, 1.165) is 25.7 Å². The molecule has 0 bridgehead atoms. The molecule has 2 N–H and O–H groups in total. The summed E-state index contributed by atoms with van der Waals surface area (Å²) in [4.78, 5) is 0. The van der Waals surface area contributed by atoms with E-state index < -0.39 is 15.6 Å². The van der Waals surface area contributed by atoms with Crippen molar-refractivity contribution in [1.82, 2.24) is 0 Å². The molecular weight excluding hydrogens is 215 g/mol. The molecule has 0 aromatic heterocycles. The number of rotatable bonds is 7. The van der Waals surface area contributed by atoms with E-state index in [4.69, 9.17) is 9.66 Å². The van der Waals surface area contributed by atoms with Crippen LogP contribution >= 0.6 is 0 Å². The molecular formula is C8H18NaO4S. The molecule has 1 atom stereocenters. The topological polar surface area (TPSA) is 74.6 Å². The average molecular weight is 233 g/mol. The SMILES string of the molecule is CCCCCCCC(O)S(=O)(=O)O.[Na]. The van der Waals surface area contributed by atoms with Crippen LogP contribution in [0.15, 0.2) is 0 Å². The van der Waals surface area contributed by atoms with Crippen LogP contribution in [0.25, 0.3) is 0 Å². The first-order chi connectivity index (χ1) is 5.98. The zero-order valence-electron chi connectivity index (χ0n) is 8.94. The fourth-order valence-electron chi connectivity index (χ4n) is 1.07. The molecule has 0 spiro atoms. The molecule has 0 saturated carbocycles. The molecule has 0 aliphatic rings. The Hall–Kier alpha value is 0.870. The quantitative estimate of drug-likeness (QED) is 0.393. The molecule has 6 heteroatoms. The Kier molecular flexibility index (Phi) is 11.3. The molecule has 81 valence electrons. The van der Waals surface area contributed by atoms with E-state index >= 15 is 0 Å². The molecule has 0 aliphatic heterocycles. The molecule has 0 rings (SSSR count). The standard InChI is InChI=1S/C8H18O4S.Na/c1-2-3-4-5-6-7-8(9)13(10,11)12;/h8-9H,2-7H2,1H3,(H,10,11,12);. The molecule has 14 heavy (non-hydrogen) atoms. The Morgan fingerprint density at radius 3 is 2.07 bits per heavy atom. The molecule has 0 aromatic carbocycles. The van der Waals surface area contributed by atoms with Gasteiger partial charge in [0.2, 0.25) is 0 Å².